The lowest BCUT2D eigenvalue weighted by molar-refractivity contribution is 0.587. The van der Waals surface area contributed by atoms with E-state index in [9.17, 15) is 16.8 Å². The highest BCUT2D eigenvalue weighted by Crippen LogP contribution is 2.13. The maximum Gasteiger partial charge on any atom is 0.179 e. The Morgan fingerprint density at radius 3 is 1.95 bits per heavy atom. The van der Waals surface area contributed by atoms with Gasteiger partial charge in [0, 0.05) is 0 Å². The Kier molecular flexibility index (Phi) is 5.03. The molecule has 0 atom stereocenters. The van der Waals surface area contributed by atoms with Crippen molar-refractivity contribution in [1.82, 2.24) is 0 Å². The van der Waals surface area contributed by atoms with E-state index in [0.717, 1.165) is 5.56 Å². The van der Waals surface area contributed by atoms with E-state index >= 15 is 0 Å². The zero-order chi connectivity index (χ0) is 16.2. The third-order valence-corrected chi connectivity index (χ3v) is 6.86. The van der Waals surface area contributed by atoms with Gasteiger partial charge in [0.1, 0.15) is 0 Å². The van der Waals surface area contributed by atoms with Crippen LogP contribution in [-0.2, 0) is 25.4 Å². The standard InChI is InChI=1S/C16H18O4S2/c1-14-7-9-15(10-8-14)13-21(17,18)11-12-22(19,20)16-5-3-2-4-6-16/h2-10H,11-13H2,1H3. The van der Waals surface area contributed by atoms with Gasteiger partial charge < -0.3 is 0 Å². The van der Waals surface area contributed by atoms with Crippen molar-refractivity contribution >= 4 is 19.7 Å². The van der Waals surface area contributed by atoms with Gasteiger partial charge in [0.05, 0.1) is 22.2 Å². The Morgan fingerprint density at radius 2 is 1.36 bits per heavy atom. The largest absolute Gasteiger partial charge is 0.228 e. The molecule has 6 heteroatoms. The van der Waals surface area contributed by atoms with Crippen LogP contribution < -0.4 is 0 Å². The highest BCUT2D eigenvalue weighted by Gasteiger charge is 2.20. The fraction of sp³-hybridized carbons (Fsp3) is 0.250. The summed E-state index contributed by atoms with van der Waals surface area (Å²) in [5.74, 6) is -0.916. The summed E-state index contributed by atoms with van der Waals surface area (Å²) in [5, 5.41) is 0. The van der Waals surface area contributed by atoms with Gasteiger partial charge in [-0.15, -0.1) is 0 Å². The third-order valence-electron chi connectivity index (χ3n) is 3.27. The predicted octanol–water partition coefficient (Wildman–Crippen LogP) is 2.38. The van der Waals surface area contributed by atoms with Crippen LogP contribution in [0.15, 0.2) is 59.5 Å². The highest BCUT2D eigenvalue weighted by molar-refractivity contribution is 7.94. The van der Waals surface area contributed by atoms with Gasteiger partial charge in [0.25, 0.3) is 0 Å². The molecule has 0 fully saturated rings. The van der Waals surface area contributed by atoms with E-state index in [-0.39, 0.29) is 16.4 Å². The first-order valence-electron chi connectivity index (χ1n) is 6.82. The summed E-state index contributed by atoms with van der Waals surface area (Å²) in [6.07, 6.45) is 0. The molecule has 0 saturated heterocycles. The van der Waals surface area contributed by atoms with Gasteiger partial charge in [-0.25, -0.2) is 16.8 Å². The minimum Gasteiger partial charge on any atom is -0.228 e. The molecule has 118 valence electrons. The van der Waals surface area contributed by atoms with E-state index < -0.39 is 25.4 Å². The molecule has 0 aromatic heterocycles. The molecule has 0 unspecified atom stereocenters. The van der Waals surface area contributed by atoms with E-state index in [1.165, 1.54) is 12.1 Å². The number of hydrogen-bond acceptors (Lipinski definition) is 4. The van der Waals surface area contributed by atoms with Gasteiger partial charge in [-0.2, -0.15) is 0 Å². The van der Waals surface area contributed by atoms with E-state index in [1.807, 2.05) is 19.1 Å². The second kappa shape index (κ2) is 6.62. The molecule has 0 saturated carbocycles. The van der Waals surface area contributed by atoms with Gasteiger partial charge in [-0.05, 0) is 24.6 Å². The molecule has 0 radical (unpaired) electrons. The van der Waals surface area contributed by atoms with Crippen LogP contribution in [0.2, 0.25) is 0 Å². The lowest BCUT2D eigenvalue weighted by atomic mass is 10.2. The maximum absolute atomic E-state index is 12.1. The van der Waals surface area contributed by atoms with Gasteiger partial charge in [-0.3, -0.25) is 0 Å². The van der Waals surface area contributed by atoms with E-state index in [1.54, 1.807) is 30.3 Å². The van der Waals surface area contributed by atoms with Crippen LogP contribution in [0.3, 0.4) is 0 Å². The zero-order valence-electron chi connectivity index (χ0n) is 12.3. The van der Waals surface area contributed by atoms with E-state index in [4.69, 9.17) is 0 Å². The van der Waals surface area contributed by atoms with Crippen molar-refractivity contribution < 1.29 is 16.8 Å². The second-order valence-electron chi connectivity index (χ2n) is 5.21. The molecule has 0 spiro atoms. The average molecular weight is 338 g/mol. The Morgan fingerprint density at radius 1 is 0.773 bits per heavy atom. The third kappa shape index (κ3) is 4.68. The number of rotatable bonds is 6. The van der Waals surface area contributed by atoms with Crippen molar-refractivity contribution in [2.75, 3.05) is 11.5 Å². The van der Waals surface area contributed by atoms with Crippen LogP contribution in [0.1, 0.15) is 11.1 Å². The number of aryl methyl sites for hydroxylation is 1. The van der Waals surface area contributed by atoms with Gasteiger partial charge in [0.15, 0.2) is 19.7 Å². The number of hydrogen-bond donors (Lipinski definition) is 0. The summed E-state index contributed by atoms with van der Waals surface area (Å²) in [6, 6.07) is 15.1. The summed E-state index contributed by atoms with van der Waals surface area (Å²) < 4.78 is 48.4. The summed E-state index contributed by atoms with van der Waals surface area (Å²) in [4.78, 5) is 0.153. The SMILES string of the molecule is Cc1ccc(CS(=O)(=O)CCS(=O)(=O)c2ccccc2)cc1. The molecule has 2 aromatic rings. The van der Waals surface area contributed by atoms with Crippen molar-refractivity contribution in [1.29, 1.82) is 0 Å². The zero-order valence-corrected chi connectivity index (χ0v) is 13.9. The first-order chi connectivity index (χ1) is 10.3. The maximum atomic E-state index is 12.1. The number of benzene rings is 2. The lowest BCUT2D eigenvalue weighted by Crippen LogP contribution is -2.18. The van der Waals surface area contributed by atoms with Gasteiger partial charge in [0.2, 0.25) is 0 Å². The average Bonchev–Trinajstić information content (AvgIpc) is 2.49. The summed E-state index contributed by atoms with van der Waals surface area (Å²) in [6.45, 7) is 1.92. The summed E-state index contributed by atoms with van der Waals surface area (Å²) in [5.41, 5.74) is 1.72. The molecule has 2 rings (SSSR count). The quantitative estimate of drug-likeness (QED) is 0.811. The normalized spacial score (nSPS) is 12.2. The van der Waals surface area contributed by atoms with Crippen molar-refractivity contribution in [3.63, 3.8) is 0 Å². The van der Waals surface area contributed by atoms with E-state index in [0.29, 0.717) is 5.56 Å². The minimum absolute atomic E-state index is 0.141. The Balaban J connectivity index is 2.05. The fourth-order valence-corrected chi connectivity index (χ4v) is 5.54. The molecule has 0 aliphatic heterocycles. The molecule has 2 aromatic carbocycles. The second-order valence-corrected chi connectivity index (χ2v) is 9.50. The molecule has 0 heterocycles. The van der Waals surface area contributed by atoms with Crippen molar-refractivity contribution in [3.8, 4) is 0 Å². The first kappa shape index (κ1) is 16.7. The van der Waals surface area contributed by atoms with Crippen LogP contribution in [0.4, 0.5) is 0 Å². The topological polar surface area (TPSA) is 68.3 Å². The van der Waals surface area contributed by atoms with E-state index in [2.05, 4.69) is 0 Å². The minimum atomic E-state index is -3.57. The Bertz CT molecular complexity index is 821. The Hall–Kier alpha value is -1.66. The number of sulfone groups is 2. The smallest absolute Gasteiger partial charge is 0.179 e. The Labute approximate surface area is 131 Å². The lowest BCUT2D eigenvalue weighted by Gasteiger charge is -2.06. The van der Waals surface area contributed by atoms with Crippen molar-refractivity contribution in [2.45, 2.75) is 17.6 Å². The fourth-order valence-electron chi connectivity index (χ4n) is 1.99. The molecule has 0 N–H and O–H groups in total. The molecule has 0 aliphatic rings. The molecule has 0 amide bonds. The highest BCUT2D eigenvalue weighted by atomic mass is 32.2. The van der Waals surface area contributed by atoms with Crippen molar-refractivity contribution in [2.24, 2.45) is 0 Å². The van der Waals surface area contributed by atoms with Crippen LogP contribution in [0.5, 0.6) is 0 Å². The van der Waals surface area contributed by atoms with Crippen molar-refractivity contribution in [3.05, 3.63) is 65.7 Å². The van der Waals surface area contributed by atoms with Gasteiger partial charge >= 0.3 is 0 Å². The monoisotopic (exact) mass is 338 g/mol. The van der Waals surface area contributed by atoms with Crippen LogP contribution in [0, 0.1) is 6.92 Å². The predicted molar refractivity (Wildman–Crippen MR) is 87.2 cm³/mol. The summed E-state index contributed by atoms with van der Waals surface area (Å²) >= 11 is 0. The molecule has 22 heavy (non-hydrogen) atoms. The van der Waals surface area contributed by atoms with Crippen LogP contribution in [-0.4, -0.2) is 28.3 Å². The summed E-state index contributed by atoms with van der Waals surface area (Å²) in [7, 11) is -7.04. The molecular weight excluding hydrogens is 320 g/mol. The first-order valence-corrected chi connectivity index (χ1v) is 10.3. The molecule has 0 aliphatic carbocycles. The van der Waals surface area contributed by atoms with Crippen LogP contribution in [0.25, 0.3) is 0 Å². The molecular formula is C16H18O4S2. The molecule has 0 bridgehead atoms. The van der Waals surface area contributed by atoms with Gasteiger partial charge in [-0.1, -0.05) is 48.0 Å². The molecule has 4 nitrogen and oxygen atoms in total. The van der Waals surface area contributed by atoms with Crippen LogP contribution >= 0.6 is 0 Å².